The molecule has 0 bridgehead atoms. The maximum absolute atomic E-state index is 12.0. The molecule has 0 saturated carbocycles. The molecule has 0 aliphatic heterocycles. The van der Waals surface area contributed by atoms with Crippen LogP contribution in [-0.2, 0) is 0 Å². The van der Waals surface area contributed by atoms with Crippen LogP contribution >= 0.6 is 27.5 Å². The molecule has 0 aliphatic rings. The van der Waals surface area contributed by atoms with Crippen LogP contribution in [0.4, 0.5) is 0 Å². The zero-order valence-corrected chi connectivity index (χ0v) is 12.1. The van der Waals surface area contributed by atoms with E-state index >= 15 is 0 Å². The normalized spacial score (nSPS) is 11.3. The fourth-order valence-electron chi connectivity index (χ4n) is 1.36. The van der Waals surface area contributed by atoms with Crippen molar-refractivity contribution in [2.45, 2.75) is 25.8 Å². The van der Waals surface area contributed by atoms with Crippen molar-refractivity contribution in [3.63, 3.8) is 0 Å². The highest BCUT2D eigenvalue weighted by molar-refractivity contribution is 9.10. The Labute approximate surface area is 114 Å². The summed E-state index contributed by atoms with van der Waals surface area (Å²) in [7, 11) is 0. The van der Waals surface area contributed by atoms with Crippen LogP contribution < -0.4 is 5.32 Å². The Hall–Kier alpha value is -0.740. The highest BCUT2D eigenvalue weighted by atomic mass is 79.9. The standard InChI is InChI=1S/C12H15BrClNO2/c1-12(2,5-6-14)15-11(17)9-7-8(13)3-4-10(9)16/h3-4,7,16H,5-6H2,1-2H3,(H,15,17). The number of hydrogen-bond acceptors (Lipinski definition) is 2. The molecule has 0 unspecified atom stereocenters. The number of carbonyl (C=O) groups excluding carboxylic acids is 1. The van der Waals surface area contributed by atoms with E-state index in [0.29, 0.717) is 12.3 Å². The van der Waals surface area contributed by atoms with Gasteiger partial charge >= 0.3 is 0 Å². The van der Waals surface area contributed by atoms with Crippen molar-refractivity contribution >= 4 is 33.4 Å². The Morgan fingerprint density at radius 3 is 2.76 bits per heavy atom. The van der Waals surface area contributed by atoms with Gasteiger partial charge in [-0.25, -0.2) is 0 Å². The maximum Gasteiger partial charge on any atom is 0.255 e. The lowest BCUT2D eigenvalue weighted by atomic mass is 10.0. The van der Waals surface area contributed by atoms with Gasteiger partial charge in [-0.2, -0.15) is 0 Å². The van der Waals surface area contributed by atoms with Gasteiger partial charge in [0.15, 0.2) is 0 Å². The predicted molar refractivity (Wildman–Crippen MR) is 72.7 cm³/mol. The monoisotopic (exact) mass is 319 g/mol. The summed E-state index contributed by atoms with van der Waals surface area (Å²) in [5.41, 5.74) is -0.143. The Morgan fingerprint density at radius 2 is 2.18 bits per heavy atom. The average Bonchev–Trinajstić information content (AvgIpc) is 2.20. The Bertz CT molecular complexity index is 421. The molecule has 0 radical (unpaired) electrons. The summed E-state index contributed by atoms with van der Waals surface area (Å²) in [5.74, 6) is 0.129. The molecule has 0 fully saturated rings. The first-order chi connectivity index (χ1) is 7.85. The van der Waals surface area contributed by atoms with Gasteiger partial charge in [-0.3, -0.25) is 4.79 Å². The van der Waals surface area contributed by atoms with Crippen LogP contribution in [0.5, 0.6) is 5.75 Å². The van der Waals surface area contributed by atoms with E-state index in [1.807, 2.05) is 13.8 Å². The highest BCUT2D eigenvalue weighted by Crippen LogP contribution is 2.22. The largest absolute Gasteiger partial charge is 0.507 e. The topological polar surface area (TPSA) is 49.3 Å². The van der Waals surface area contributed by atoms with Crippen molar-refractivity contribution in [2.75, 3.05) is 5.88 Å². The second-order valence-corrected chi connectivity index (χ2v) is 5.73. The van der Waals surface area contributed by atoms with Crippen molar-refractivity contribution in [1.29, 1.82) is 0 Å². The fourth-order valence-corrected chi connectivity index (χ4v) is 2.20. The number of alkyl halides is 1. The van der Waals surface area contributed by atoms with E-state index in [0.717, 1.165) is 4.47 Å². The van der Waals surface area contributed by atoms with Crippen molar-refractivity contribution in [3.05, 3.63) is 28.2 Å². The van der Waals surface area contributed by atoms with Gasteiger partial charge < -0.3 is 10.4 Å². The molecular weight excluding hydrogens is 305 g/mol. The van der Waals surface area contributed by atoms with Crippen molar-refractivity contribution in [2.24, 2.45) is 0 Å². The van der Waals surface area contributed by atoms with Gasteiger partial charge in [-0.1, -0.05) is 15.9 Å². The predicted octanol–water partition coefficient (Wildman–Crippen LogP) is 3.29. The number of nitrogens with one attached hydrogen (secondary N) is 1. The van der Waals surface area contributed by atoms with Gasteiger partial charge in [0, 0.05) is 15.9 Å². The number of carbonyl (C=O) groups is 1. The van der Waals surface area contributed by atoms with Crippen LogP contribution in [-0.4, -0.2) is 22.4 Å². The Morgan fingerprint density at radius 1 is 1.53 bits per heavy atom. The van der Waals surface area contributed by atoms with Crippen molar-refractivity contribution < 1.29 is 9.90 Å². The fraction of sp³-hybridized carbons (Fsp3) is 0.417. The molecule has 0 aliphatic carbocycles. The molecule has 5 heteroatoms. The number of hydrogen-bond donors (Lipinski definition) is 2. The first kappa shape index (κ1) is 14.3. The van der Waals surface area contributed by atoms with Crippen molar-refractivity contribution in [1.82, 2.24) is 5.32 Å². The molecule has 94 valence electrons. The summed E-state index contributed by atoms with van der Waals surface area (Å²) in [5, 5.41) is 12.5. The zero-order valence-electron chi connectivity index (χ0n) is 9.76. The number of amides is 1. The minimum Gasteiger partial charge on any atom is -0.507 e. The Balaban J connectivity index is 2.86. The summed E-state index contributed by atoms with van der Waals surface area (Å²) < 4.78 is 0.746. The third-order valence-corrected chi connectivity index (χ3v) is 3.06. The second-order valence-electron chi connectivity index (χ2n) is 4.44. The molecule has 0 saturated heterocycles. The number of rotatable bonds is 4. The maximum atomic E-state index is 12.0. The van der Waals surface area contributed by atoms with Crippen LogP contribution in [0.3, 0.4) is 0 Å². The summed E-state index contributed by atoms with van der Waals surface area (Å²) in [4.78, 5) is 12.0. The van der Waals surface area contributed by atoms with E-state index in [-0.39, 0.29) is 17.2 Å². The number of aromatic hydroxyl groups is 1. The van der Waals surface area contributed by atoms with Gasteiger partial charge in [-0.05, 0) is 38.5 Å². The van der Waals surface area contributed by atoms with E-state index < -0.39 is 5.54 Å². The third-order valence-electron chi connectivity index (χ3n) is 2.37. The van der Waals surface area contributed by atoms with Gasteiger partial charge in [-0.15, -0.1) is 11.6 Å². The van der Waals surface area contributed by atoms with E-state index in [2.05, 4.69) is 21.2 Å². The van der Waals surface area contributed by atoms with Gasteiger partial charge in [0.25, 0.3) is 5.91 Å². The molecule has 1 amide bonds. The number of phenolic OH excluding ortho intramolecular Hbond substituents is 1. The van der Waals surface area contributed by atoms with Gasteiger partial charge in [0.2, 0.25) is 0 Å². The molecule has 1 aromatic carbocycles. The quantitative estimate of drug-likeness (QED) is 0.836. The molecule has 1 aromatic rings. The van der Waals surface area contributed by atoms with Crippen LogP contribution in [0.15, 0.2) is 22.7 Å². The van der Waals surface area contributed by atoms with E-state index in [1.54, 1.807) is 12.1 Å². The zero-order chi connectivity index (χ0) is 13.1. The molecule has 3 nitrogen and oxygen atoms in total. The number of halogens is 2. The van der Waals surface area contributed by atoms with Gasteiger partial charge in [0.1, 0.15) is 5.75 Å². The molecule has 0 atom stereocenters. The van der Waals surface area contributed by atoms with Crippen molar-refractivity contribution in [3.8, 4) is 5.75 Å². The lowest BCUT2D eigenvalue weighted by molar-refractivity contribution is 0.0909. The lowest BCUT2D eigenvalue weighted by Gasteiger charge is -2.25. The summed E-state index contributed by atoms with van der Waals surface area (Å²) in [6.07, 6.45) is 0.662. The molecule has 17 heavy (non-hydrogen) atoms. The first-order valence-electron chi connectivity index (χ1n) is 5.23. The first-order valence-corrected chi connectivity index (χ1v) is 6.55. The summed E-state index contributed by atoms with van der Waals surface area (Å²) in [6.45, 7) is 3.78. The minimum absolute atomic E-state index is 0.0348. The average molecular weight is 321 g/mol. The van der Waals surface area contributed by atoms with E-state index in [9.17, 15) is 9.90 Å². The molecule has 1 rings (SSSR count). The molecule has 0 aromatic heterocycles. The van der Waals surface area contributed by atoms with E-state index in [4.69, 9.17) is 11.6 Å². The summed E-state index contributed by atoms with van der Waals surface area (Å²) in [6, 6.07) is 4.74. The second kappa shape index (κ2) is 5.74. The highest BCUT2D eigenvalue weighted by Gasteiger charge is 2.22. The number of benzene rings is 1. The molecule has 0 heterocycles. The minimum atomic E-state index is -0.395. The third kappa shape index (κ3) is 4.21. The lowest BCUT2D eigenvalue weighted by Crippen LogP contribution is -2.43. The van der Waals surface area contributed by atoms with Gasteiger partial charge in [0.05, 0.1) is 5.56 Å². The molecule has 0 spiro atoms. The van der Waals surface area contributed by atoms with Crippen LogP contribution in [0.1, 0.15) is 30.6 Å². The summed E-state index contributed by atoms with van der Waals surface area (Å²) >= 11 is 8.93. The van der Waals surface area contributed by atoms with Crippen LogP contribution in [0, 0.1) is 0 Å². The van der Waals surface area contributed by atoms with Crippen LogP contribution in [0.25, 0.3) is 0 Å². The smallest absolute Gasteiger partial charge is 0.255 e. The SMILES string of the molecule is CC(C)(CCCl)NC(=O)c1cc(Br)ccc1O. The molecule has 2 N–H and O–H groups in total. The number of phenols is 1. The van der Waals surface area contributed by atoms with Crippen LogP contribution in [0.2, 0.25) is 0 Å². The van der Waals surface area contributed by atoms with E-state index in [1.165, 1.54) is 6.07 Å². The molecular formula is C12H15BrClNO2. The Kier molecular flexibility index (Phi) is 4.83.